The van der Waals surface area contributed by atoms with Crippen LogP contribution in [-0.4, -0.2) is 36.8 Å². The Bertz CT molecular complexity index is 676. The Balaban J connectivity index is 1.38. The first-order chi connectivity index (χ1) is 10.5. The summed E-state index contributed by atoms with van der Waals surface area (Å²) in [5, 5.41) is 7.86. The lowest BCUT2D eigenvalue weighted by Crippen LogP contribution is -2.28. The molecule has 0 bridgehead atoms. The molecule has 120 valence electrons. The topological polar surface area (TPSA) is 102 Å². The van der Waals surface area contributed by atoms with Crippen LogP contribution in [0.5, 0.6) is 0 Å². The van der Waals surface area contributed by atoms with Crippen LogP contribution in [0, 0.1) is 5.92 Å². The molecule has 2 heterocycles. The molecule has 2 aliphatic rings. The van der Waals surface area contributed by atoms with Crippen molar-refractivity contribution < 1.29 is 17.7 Å². The van der Waals surface area contributed by atoms with Crippen LogP contribution in [0.4, 0.5) is 0 Å². The van der Waals surface area contributed by atoms with Crippen molar-refractivity contribution in [2.45, 2.75) is 38.0 Å². The number of carbonyl (C=O) groups is 1. The van der Waals surface area contributed by atoms with E-state index in [4.69, 9.17) is 4.52 Å². The third kappa shape index (κ3) is 3.73. The monoisotopic (exact) mass is 325 g/mol. The predicted octanol–water partition coefficient (Wildman–Crippen LogP) is 0.944. The third-order valence-corrected chi connectivity index (χ3v) is 5.53. The van der Waals surface area contributed by atoms with Gasteiger partial charge in [-0.2, -0.15) is 4.98 Å². The van der Waals surface area contributed by atoms with Gasteiger partial charge < -0.3 is 9.84 Å². The van der Waals surface area contributed by atoms with Crippen LogP contribution in [-0.2, 0) is 21.1 Å². The van der Waals surface area contributed by atoms with Gasteiger partial charge in [0.05, 0.1) is 5.75 Å². The number of nitrogens with one attached hydrogen (secondary N) is 1. The number of sulfone groups is 1. The summed E-state index contributed by atoms with van der Waals surface area (Å²) in [6.07, 6.45) is 5.71. The first-order valence-corrected chi connectivity index (χ1v) is 9.23. The number of hydrogen-bond donors (Lipinski definition) is 1. The van der Waals surface area contributed by atoms with Gasteiger partial charge in [-0.25, -0.2) is 8.42 Å². The molecule has 1 atom stereocenters. The van der Waals surface area contributed by atoms with Crippen molar-refractivity contribution in [1.82, 2.24) is 15.5 Å². The highest BCUT2D eigenvalue weighted by molar-refractivity contribution is 7.94. The van der Waals surface area contributed by atoms with E-state index in [9.17, 15) is 13.2 Å². The van der Waals surface area contributed by atoms with Crippen molar-refractivity contribution in [2.75, 3.05) is 12.3 Å². The molecule has 7 nitrogen and oxygen atoms in total. The summed E-state index contributed by atoms with van der Waals surface area (Å²) in [6.45, 7) is 0.422. The maximum atomic E-state index is 11.8. The van der Waals surface area contributed by atoms with Crippen LogP contribution < -0.4 is 5.32 Å². The second kappa shape index (κ2) is 6.20. The normalized spacial score (nSPS) is 23.4. The summed E-state index contributed by atoms with van der Waals surface area (Å²) < 4.78 is 27.7. The average Bonchev–Trinajstić information content (AvgIpc) is 2.94. The van der Waals surface area contributed by atoms with Gasteiger partial charge in [0.15, 0.2) is 15.7 Å². The minimum absolute atomic E-state index is 0.0238. The lowest BCUT2D eigenvalue weighted by molar-refractivity contribution is -0.121. The highest BCUT2D eigenvalue weighted by Gasteiger charge is 2.25. The molecule has 0 aromatic carbocycles. The molecule has 3 rings (SSSR count). The number of rotatable bonds is 6. The lowest BCUT2D eigenvalue weighted by atomic mass is 9.85. The van der Waals surface area contributed by atoms with E-state index in [1.165, 1.54) is 11.8 Å². The molecule has 8 heteroatoms. The molecule has 1 N–H and O–H groups in total. The van der Waals surface area contributed by atoms with Crippen molar-refractivity contribution in [3.63, 3.8) is 0 Å². The highest BCUT2D eigenvalue weighted by Crippen LogP contribution is 2.35. The average molecular weight is 325 g/mol. The Kier molecular flexibility index (Phi) is 4.28. The molecule has 1 amide bonds. The predicted molar refractivity (Wildman–Crippen MR) is 78.6 cm³/mol. The Morgan fingerprint density at radius 2 is 2.23 bits per heavy atom. The number of nitrogens with zero attached hydrogens (tertiary/aromatic N) is 2. The first-order valence-electron chi connectivity index (χ1n) is 7.52. The van der Waals surface area contributed by atoms with E-state index in [0.29, 0.717) is 30.6 Å². The molecule has 0 saturated heterocycles. The molecule has 0 radical (unpaired) electrons. The fourth-order valence-electron chi connectivity index (χ4n) is 2.58. The van der Waals surface area contributed by atoms with Crippen LogP contribution >= 0.6 is 0 Å². The summed E-state index contributed by atoms with van der Waals surface area (Å²) >= 11 is 0. The molecular weight excluding hydrogens is 306 g/mol. The minimum atomic E-state index is -3.10. The molecule has 1 aromatic heterocycles. The number of amides is 1. The zero-order valence-corrected chi connectivity index (χ0v) is 13.0. The molecule has 1 fully saturated rings. The quantitative estimate of drug-likeness (QED) is 0.835. The Labute approximate surface area is 129 Å². The lowest BCUT2D eigenvalue weighted by Gasteiger charge is -2.20. The van der Waals surface area contributed by atoms with E-state index >= 15 is 0 Å². The van der Waals surface area contributed by atoms with E-state index < -0.39 is 9.84 Å². The minimum Gasteiger partial charge on any atom is -0.356 e. The SMILES string of the molecule is O=C(C[C@@H]1C=CS(=O)(=O)C1)NCCc1noc(C2CCC2)n1. The number of hydrogen-bond acceptors (Lipinski definition) is 6. The summed E-state index contributed by atoms with van der Waals surface area (Å²) in [7, 11) is -3.10. The molecule has 1 saturated carbocycles. The molecule has 1 aliphatic heterocycles. The van der Waals surface area contributed by atoms with Gasteiger partial charge in [0.25, 0.3) is 0 Å². The van der Waals surface area contributed by atoms with E-state index in [1.54, 1.807) is 6.08 Å². The van der Waals surface area contributed by atoms with Gasteiger partial charge in [0.1, 0.15) is 0 Å². The maximum absolute atomic E-state index is 11.8. The fourth-order valence-corrected chi connectivity index (χ4v) is 3.98. The van der Waals surface area contributed by atoms with E-state index in [2.05, 4.69) is 15.5 Å². The third-order valence-electron chi connectivity index (χ3n) is 4.06. The van der Waals surface area contributed by atoms with Crippen molar-refractivity contribution in [2.24, 2.45) is 5.92 Å². The molecule has 0 unspecified atom stereocenters. The van der Waals surface area contributed by atoms with Gasteiger partial charge in [-0.05, 0) is 12.8 Å². The maximum Gasteiger partial charge on any atom is 0.229 e. The van der Waals surface area contributed by atoms with Gasteiger partial charge in [-0.15, -0.1) is 0 Å². The van der Waals surface area contributed by atoms with Crippen molar-refractivity contribution >= 4 is 15.7 Å². The van der Waals surface area contributed by atoms with Crippen LogP contribution in [0.2, 0.25) is 0 Å². The van der Waals surface area contributed by atoms with Gasteiger partial charge >= 0.3 is 0 Å². The number of carbonyl (C=O) groups excluding carboxylic acids is 1. The van der Waals surface area contributed by atoms with Crippen molar-refractivity contribution in [1.29, 1.82) is 0 Å². The summed E-state index contributed by atoms with van der Waals surface area (Å²) in [4.78, 5) is 16.1. The number of aromatic nitrogens is 2. The van der Waals surface area contributed by atoms with Crippen LogP contribution in [0.3, 0.4) is 0 Å². The number of allylic oxidation sites excluding steroid dienone is 1. The Morgan fingerprint density at radius 1 is 1.41 bits per heavy atom. The van der Waals surface area contributed by atoms with Crippen LogP contribution in [0.1, 0.15) is 43.3 Å². The highest BCUT2D eigenvalue weighted by atomic mass is 32.2. The Hall–Kier alpha value is -1.70. The summed E-state index contributed by atoms with van der Waals surface area (Å²) in [6, 6.07) is 0. The molecule has 1 aliphatic carbocycles. The van der Waals surface area contributed by atoms with Gasteiger partial charge in [0, 0.05) is 36.6 Å². The zero-order valence-electron chi connectivity index (χ0n) is 12.2. The second-order valence-electron chi connectivity index (χ2n) is 5.90. The van der Waals surface area contributed by atoms with Gasteiger partial charge in [-0.3, -0.25) is 4.79 Å². The first kappa shape index (κ1) is 15.2. The second-order valence-corrected chi connectivity index (χ2v) is 7.83. The molecular formula is C14H19N3O4S. The molecule has 22 heavy (non-hydrogen) atoms. The van der Waals surface area contributed by atoms with Gasteiger partial charge in [0.2, 0.25) is 11.8 Å². The molecule has 0 spiro atoms. The van der Waals surface area contributed by atoms with Crippen LogP contribution in [0.15, 0.2) is 16.0 Å². The smallest absolute Gasteiger partial charge is 0.229 e. The van der Waals surface area contributed by atoms with E-state index in [-0.39, 0.29) is 24.0 Å². The summed E-state index contributed by atoms with van der Waals surface area (Å²) in [5.41, 5.74) is 0. The molecule has 1 aromatic rings. The Morgan fingerprint density at radius 3 is 2.86 bits per heavy atom. The largest absolute Gasteiger partial charge is 0.356 e. The zero-order chi connectivity index (χ0) is 15.6. The van der Waals surface area contributed by atoms with Crippen molar-refractivity contribution in [3.8, 4) is 0 Å². The fraction of sp³-hybridized carbons (Fsp3) is 0.643. The van der Waals surface area contributed by atoms with E-state index in [0.717, 1.165) is 12.8 Å². The summed E-state index contributed by atoms with van der Waals surface area (Å²) in [5.74, 6) is 1.36. The van der Waals surface area contributed by atoms with E-state index in [1.807, 2.05) is 0 Å². The van der Waals surface area contributed by atoms with Crippen LogP contribution in [0.25, 0.3) is 0 Å². The van der Waals surface area contributed by atoms with Crippen molar-refractivity contribution in [3.05, 3.63) is 23.2 Å². The standard InChI is InChI=1S/C14H19N3O4S/c18-13(8-10-5-7-22(19,20)9-10)15-6-4-12-16-14(21-17-12)11-2-1-3-11/h5,7,10-11H,1-4,6,8-9H2,(H,15,18)/t10-/m0/s1. The van der Waals surface area contributed by atoms with Gasteiger partial charge in [-0.1, -0.05) is 17.7 Å².